The van der Waals surface area contributed by atoms with E-state index in [4.69, 9.17) is 9.26 Å². The lowest BCUT2D eigenvalue weighted by Crippen LogP contribution is -2.52. The quantitative estimate of drug-likeness (QED) is 0.347. The molecule has 3 amide bonds. The molecule has 204 valence electrons. The number of carbonyl (C=O) groups excluding carboxylic acids is 3. The van der Waals surface area contributed by atoms with Gasteiger partial charge in [-0.2, -0.15) is 0 Å². The number of imide groups is 1. The summed E-state index contributed by atoms with van der Waals surface area (Å²) in [6.45, 7) is 3.79. The first-order valence-electron chi connectivity index (χ1n) is 13.6. The van der Waals surface area contributed by atoms with Crippen LogP contribution in [0.25, 0.3) is 11.0 Å². The molecule has 1 atom stereocenters. The van der Waals surface area contributed by atoms with Crippen molar-refractivity contribution in [3.05, 3.63) is 59.0 Å². The van der Waals surface area contributed by atoms with E-state index in [1.54, 1.807) is 23.1 Å². The summed E-state index contributed by atoms with van der Waals surface area (Å²) in [5.41, 5.74) is 2.80. The molecule has 3 aromatic rings. The molecule has 0 aliphatic carbocycles. The Morgan fingerprint density at radius 1 is 1.08 bits per heavy atom. The molecule has 6 rings (SSSR count). The number of hydrogen-bond donors (Lipinski definition) is 1. The van der Waals surface area contributed by atoms with Crippen molar-refractivity contribution in [2.24, 2.45) is 0 Å². The lowest BCUT2D eigenvalue weighted by atomic mass is 9.91. The molecule has 0 spiro atoms. The van der Waals surface area contributed by atoms with Crippen LogP contribution in [-0.4, -0.2) is 65.0 Å². The molecule has 2 aromatic carbocycles. The van der Waals surface area contributed by atoms with Crippen molar-refractivity contribution < 1.29 is 28.0 Å². The largest absolute Gasteiger partial charge is 0.493 e. The molecule has 1 unspecified atom stereocenters. The summed E-state index contributed by atoms with van der Waals surface area (Å²) in [7, 11) is 0. The highest BCUT2D eigenvalue weighted by molar-refractivity contribution is 6.05. The van der Waals surface area contributed by atoms with Crippen LogP contribution < -0.4 is 10.1 Å². The molecule has 4 heterocycles. The number of nitrogens with zero attached hydrogens (tertiary/aromatic N) is 3. The minimum Gasteiger partial charge on any atom is -0.493 e. The molecule has 10 heteroatoms. The summed E-state index contributed by atoms with van der Waals surface area (Å²) in [5, 5.41) is 7.47. The summed E-state index contributed by atoms with van der Waals surface area (Å²) in [6.07, 6.45) is 4.43. The number of likely N-dealkylation sites (tertiary alicyclic amines) is 1. The van der Waals surface area contributed by atoms with E-state index in [0.717, 1.165) is 62.0 Å². The second-order valence-corrected chi connectivity index (χ2v) is 10.6. The van der Waals surface area contributed by atoms with Gasteiger partial charge in [0.2, 0.25) is 11.8 Å². The van der Waals surface area contributed by atoms with E-state index in [9.17, 15) is 18.8 Å². The van der Waals surface area contributed by atoms with Gasteiger partial charge in [-0.05, 0) is 76.0 Å². The monoisotopic (exact) mass is 534 g/mol. The first-order valence-corrected chi connectivity index (χ1v) is 13.6. The van der Waals surface area contributed by atoms with E-state index in [-0.39, 0.29) is 24.1 Å². The number of halogens is 1. The molecule has 39 heavy (non-hydrogen) atoms. The molecule has 2 fully saturated rings. The Kier molecular flexibility index (Phi) is 7.03. The van der Waals surface area contributed by atoms with Crippen molar-refractivity contribution in [1.82, 2.24) is 20.3 Å². The molecule has 0 bridgehead atoms. The summed E-state index contributed by atoms with van der Waals surface area (Å²) in [6, 6.07) is 9.40. The number of aromatic nitrogens is 1. The lowest BCUT2D eigenvalue weighted by Gasteiger charge is -2.31. The Morgan fingerprint density at radius 3 is 2.74 bits per heavy atom. The fourth-order valence-corrected chi connectivity index (χ4v) is 5.97. The van der Waals surface area contributed by atoms with Crippen LogP contribution >= 0.6 is 0 Å². The Hall–Kier alpha value is -3.79. The first-order chi connectivity index (χ1) is 19.0. The van der Waals surface area contributed by atoms with Crippen molar-refractivity contribution in [3.8, 4) is 5.75 Å². The number of piperidine rings is 2. The summed E-state index contributed by atoms with van der Waals surface area (Å²) in [4.78, 5) is 40.8. The zero-order valence-electron chi connectivity index (χ0n) is 21.7. The van der Waals surface area contributed by atoms with E-state index >= 15 is 0 Å². The second-order valence-electron chi connectivity index (χ2n) is 10.6. The highest BCUT2D eigenvalue weighted by atomic mass is 19.1. The van der Waals surface area contributed by atoms with E-state index in [1.165, 1.54) is 12.1 Å². The lowest BCUT2D eigenvalue weighted by molar-refractivity contribution is -0.136. The Labute approximate surface area is 225 Å². The van der Waals surface area contributed by atoms with Crippen LogP contribution in [-0.2, 0) is 16.1 Å². The Balaban J connectivity index is 0.960. The highest BCUT2D eigenvalue weighted by Crippen LogP contribution is 2.34. The number of fused-ring (bicyclic) bond motifs is 2. The minimum atomic E-state index is -0.634. The van der Waals surface area contributed by atoms with Gasteiger partial charge in [0.15, 0.2) is 5.58 Å². The van der Waals surface area contributed by atoms with Crippen LogP contribution in [0.1, 0.15) is 66.1 Å². The molecule has 0 saturated carbocycles. The second kappa shape index (κ2) is 10.8. The molecular formula is C29H31FN4O5. The van der Waals surface area contributed by atoms with Gasteiger partial charge in [-0.1, -0.05) is 11.2 Å². The van der Waals surface area contributed by atoms with Gasteiger partial charge in [0, 0.05) is 34.9 Å². The van der Waals surface area contributed by atoms with Gasteiger partial charge in [0.25, 0.3) is 5.91 Å². The van der Waals surface area contributed by atoms with E-state index in [0.29, 0.717) is 42.4 Å². The number of amides is 3. The third-order valence-corrected chi connectivity index (χ3v) is 8.10. The third-order valence-electron chi connectivity index (χ3n) is 8.10. The van der Waals surface area contributed by atoms with Gasteiger partial charge in [0.05, 0.1) is 18.8 Å². The standard InChI is InChI=1S/C29H31FN4O5/c30-19-6-7-21-25(16-19)39-32-27(21)18-10-13-33(14-11-18)12-1-2-15-38-24-5-3-4-20-22(24)17-34(29(20)37)23-8-9-26(35)31-28(23)36/h3-7,16,18,23H,1-2,8-15,17H2,(H,31,35,36). The average Bonchev–Trinajstić information content (AvgIpc) is 3.50. The minimum absolute atomic E-state index is 0.195. The van der Waals surface area contributed by atoms with Crippen molar-refractivity contribution in [3.63, 3.8) is 0 Å². The van der Waals surface area contributed by atoms with Crippen LogP contribution in [0.15, 0.2) is 40.9 Å². The zero-order valence-corrected chi connectivity index (χ0v) is 21.7. The molecule has 1 aromatic heterocycles. The predicted molar refractivity (Wildman–Crippen MR) is 140 cm³/mol. The van der Waals surface area contributed by atoms with E-state index < -0.39 is 11.9 Å². The third kappa shape index (κ3) is 5.13. The number of benzene rings is 2. The van der Waals surface area contributed by atoms with E-state index in [2.05, 4.69) is 15.4 Å². The normalized spacial score (nSPS) is 20.5. The topological polar surface area (TPSA) is 105 Å². The van der Waals surface area contributed by atoms with Crippen LogP contribution in [0.2, 0.25) is 0 Å². The number of rotatable bonds is 8. The van der Waals surface area contributed by atoms with Crippen molar-refractivity contribution in [2.75, 3.05) is 26.2 Å². The predicted octanol–water partition coefficient (Wildman–Crippen LogP) is 3.77. The molecule has 2 saturated heterocycles. The number of carbonyl (C=O) groups is 3. The van der Waals surface area contributed by atoms with Crippen molar-refractivity contribution in [2.45, 2.75) is 57.0 Å². The van der Waals surface area contributed by atoms with Crippen molar-refractivity contribution in [1.29, 1.82) is 0 Å². The fourth-order valence-electron chi connectivity index (χ4n) is 5.97. The highest BCUT2D eigenvalue weighted by Gasteiger charge is 2.40. The number of nitrogens with one attached hydrogen (secondary N) is 1. The van der Waals surface area contributed by atoms with Crippen LogP contribution in [0.5, 0.6) is 5.75 Å². The maximum Gasteiger partial charge on any atom is 0.255 e. The summed E-state index contributed by atoms with van der Waals surface area (Å²) < 4.78 is 24.9. The van der Waals surface area contributed by atoms with Crippen LogP contribution in [0.3, 0.4) is 0 Å². The number of unbranched alkanes of at least 4 members (excludes halogenated alkanes) is 1. The number of hydrogen-bond acceptors (Lipinski definition) is 7. The van der Waals surface area contributed by atoms with Crippen molar-refractivity contribution >= 4 is 28.7 Å². The molecule has 3 aliphatic heterocycles. The molecule has 0 radical (unpaired) electrons. The SMILES string of the molecule is O=C1CCC(N2Cc3c(OCCCCN4CCC(c5noc6cc(F)ccc56)CC4)cccc3C2=O)C(=O)N1. The van der Waals surface area contributed by atoms with Gasteiger partial charge >= 0.3 is 0 Å². The first kappa shape index (κ1) is 25.5. The summed E-state index contributed by atoms with van der Waals surface area (Å²) in [5.74, 6) is -0.226. The van der Waals surface area contributed by atoms with Crippen LogP contribution in [0.4, 0.5) is 4.39 Å². The van der Waals surface area contributed by atoms with Gasteiger partial charge in [-0.25, -0.2) is 4.39 Å². The maximum atomic E-state index is 13.5. The smallest absolute Gasteiger partial charge is 0.255 e. The van der Waals surface area contributed by atoms with Gasteiger partial charge < -0.3 is 19.1 Å². The van der Waals surface area contributed by atoms with Gasteiger partial charge in [-0.3, -0.25) is 19.7 Å². The fraction of sp³-hybridized carbons (Fsp3) is 0.448. The van der Waals surface area contributed by atoms with Gasteiger partial charge in [0.1, 0.15) is 17.6 Å². The van der Waals surface area contributed by atoms with Gasteiger partial charge in [-0.15, -0.1) is 0 Å². The molecular weight excluding hydrogens is 503 g/mol. The Bertz CT molecular complexity index is 1410. The molecule has 9 nitrogen and oxygen atoms in total. The zero-order chi connectivity index (χ0) is 26.9. The van der Waals surface area contributed by atoms with Crippen LogP contribution in [0, 0.1) is 5.82 Å². The Morgan fingerprint density at radius 2 is 1.92 bits per heavy atom. The maximum absolute atomic E-state index is 13.5. The van der Waals surface area contributed by atoms with E-state index in [1.807, 2.05) is 6.07 Å². The number of ether oxygens (including phenoxy) is 1. The summed E-state index contributed by atoms with van der Waals surface area (Å²) >= 11 is 0. The molecule has 1 N–H and O–H groups in total. The average molecular weight is 535 g/mol. The molecule has 3 aliphatic rings.